The number of rotatable bonds is 5. The van der Waals surface area contributed by atoms with Crippen LogP contribution in [0.5, 0.6) is 0 Å². The van der Waals surface area contributed by atoms with Gasteiger partial charge in [-0.3, -0.25) is 4.79 Å². The zero-order chi connectivity index (χ0) is 14.8. The van der Waals surface area contributed by atoms with E-state index in [1.54, 1.807) is 32.9 Å². The van der Waals surface area contributed by atoms with E-state index in [0.717, 1.165) is 5.56 Å². The summed E-state index contributed by atoms with van der Waals surface area (Å²) < 4.78 is 10.2. The molecule has 0 radical (unpaired) electrons. The Labute approximate surface area is 116 Å². The molecule has 2 N–H and O–H groups in total. The van der Waals surface area contributed by atoms with Gasteiger partial charge >= 0.3 is 0 Å². The van der Waals surface area contributed by atoms with Crippen molar-refractivity contribution in [1.29, 1.82) is 0 Å². The molecule has 0 aliphatic heterocycles. The molecule has 0 bridgehead atoms. The van der Waals surface area contributed by atoms with Crippen LogP contribution in [0.3, 0.4) is 0 Å². The van der Waals surface area contributed by atoms with Crippen molar-refractivity contribution in [3.8, 4) is 0 Å². The van der Waals surface area contributed by atoms with Crippen LogP contribution in [-0.4, -0.2) is 22.7 Å². The van der Waals surface area contributed by atoms with Crippen LogP contribution in [-0.2, 0) is 16.8 Å². The molecule has 0 spiro atoms. The van der Waals surface area contributed by atoms with E-state index < -0.39 is 5.60 Å². The summed E-state index contributed by atoms with van der Waals surface area (Å²) in [5.74, 6) is 0.844. The molecular formula is C14H18N2O4. The van der Waals surface area contributed by atoms with Gasteiger partial charge in [0.15, 0.2) is 0 Å². The molecule has 0 saturated heterocycles. The molecule has 2 rings (SSSR count). The van der Waals surface area contributed by atoms with Gasteiger partial charge in [0.25, 0.3) is 0 Å². The average Bonchev–Trinajstić information content (AvgIpc) is 3.02. The van der Waals surface area contributed by atoms with E-state index in [9.17, 15) is 9.90 Å². The zero-order valence-electron chi connectivity index (χ0n) is 11.8. The van der Waals surface area contributed by atoms with Crippen molar-refractivity contribution in [3.63, 3.8) is 0 Å². The first-order valence-corrected chi connectivity index (χ1v) is 6.35. The van der Waals surface area contributed by atoms with E-state index in [2.05, 4.69) is 10.5 Å². The zero-order valence-corrected chi connectivity index (χ0v) is 11.8. The number of nitrogens with zero attached hydrogens (tertiary/aromatic N) is 1. The van der Waals surface area contributed by atoms with E-state index in [4.69, 9.17) is 8.94 Å². The highest BCUT2D eigenvalue weighted by Crippen LogP contribution is 2.20. The van der Waals surface area contributed by atoms with Crippen LogP contribution in [0.25, 0.3) is 0 Å². The van der Waals surface area contributed by atoms with Gasteiger partial charge in [-0.05, 0) is 32.9 Å². The third kappa shape index (κ3) is 3.08. The quantitative estimate of drug-likeness (QED) is 0.864. The Morgan fingerprint density at radius 1 is 1.50 bits per heavy atom. The number of aryl methyl sites for hydroxylation is 2. The topological polar surface area (TPSA) is 88.5 Å². The third-order valence-corrected chi connectivity index (χ3v) is 3.20. The summed E-state index contributed by atoms with van der Waals surface area (Å²) in [7, 11) is 0. The van der Waals surface area contributed by atoms with E-state index in [1.807, 2.05) is 0 Å². The fraction of sp³-hybridized carbons (Fsp3) is 0.429. The second kappa shape index (κ2) is 5.50. The van der Waals surface area contributed by atoms with E-state index >= 15 is 0 Å². The summed E-state index contributed by atoms with van der Waals surface area (Å²) in [4.78, 5) is 11.9. The lowest BCUT2D eigenvalue weighted by Gasteiger charge is -2.21. The number of carbonyl (C=O) groups is 1. The van der Waals surface area contributed by atoms with Crippen molar-refractivity contribution in [1.82, 2.24) is 10.5 Å². The predicted octanol–water partition coefficient (Wildman–Crippen LogP) is 1.45. The van der Waals surface area contributed by atoms with Gasteiger partial charge in [0.2, 0.25) is 5.91 Å². The fourth-order valence-electron chi connectivity index (χ4n) is 1.92. The van der Waals surface area contributed by atoms with Crippen LogP contribution >= 0.6 is 0 Å². The maximum absolute atomic E-state index is 11.9. The predicted molar refractivity (Wildman–Crippen MR) is 71.0 cm³/mol. The molecule has 1 atom stereocenters. The number of aromatic nitrogens is 1. The number of hydrogen-bond donors (Lipinski definition) is 2. The van der Waals surface area contributed by atoms with Crippen LogP contribution in [0, 0.1) is 13.8 Å². The summed E-state index contributed by atoms with van der Waals surface area (Å²) in [5.41, 5.74) is 0.244. The van der Waals surface area contributed by atoms with Gasteiger partial charge in [-0.2, -0.15) is 0 Å². The molecular weight excluding hydrogens is 260 g/mol. The summed E-state index contributed by atoms with van der Waals surface area (Å²) >= 11 is 0. The molecule has 1 unspecified atom stereocenters. The highest BCUT2D eigenvalue weighted by molar-refractivity contribution is 5.79. The molecule has 0 aromatic carbocycles. The summed E-state index contributed by atoms with van der Waals surface area (Å²) in [5, 5.41) is 16.7. The molecule has 0 aliphatic rings. The van der Waals surface area contributed by atoms with Crippen LogP contribution in [0.1, 0.15) is 29.7 Å². The van der Waals surface area contributed by atoms with Crippen molar-refractivity contribution in [2.24, 2.45) is 0 Å². The molecule has 6 nitrogen and oxygen atoms in total. The van der Waals surface area contributed by atoms with Crippen molar-refractivity contribution in [3.05, 3.63) is 41.2 Å². The van der Waals surface area contributed by atoms with E-state index in [0.29, 0.717) is 17.2 Å². The maximum Gasteiger partial charge on any atom is 0.224 e. The van der Waals surface area contributed by atoms with Crippen LogP contribution in [0.2, 0.25) is 0 Å². The Balaban J connectivity index is 1.93. The minimum absolute atomic E-state index is 0.0721. The number of amides is 1. The minimum Gasteiger partial charge on any atom is -0.466 e. The summed E-state index contributed by atoms with van der Waals surface area (Å²) in [6.07, 6.45) is 1.66. The normalized spacial score (nSPS) is 14.0. The standard InChI is InChI=1S/C14H18N2O4/c1-9-11(10(2)20-16-9)7-13(17)15-8-14(3,18)12-5-4-6-19-12/h4-6,18H,7-8H2,1-3H3,(H,15,17). The van der Waals surface area contributed by atoms with Gasteiger partial charge in [-0.15, -0.1) is 0 Å². The van der Waals surface area contributed by atoms with Gasteiger partial charge < -0.3 is 19.4 Å². The molecule has 6 heteroatoms. The van der Waals surface area contributed by atoms with Crippen molar-refractivity contribution >= 4 is 5.91 Å². The van der Waals surface area contributed by atoms with Gasteiger partial charge in [-0.1, -0.05) is 5.16 Å². The number of furan rings is 1. The Kier molecular flexibility index (Phi) is 3.94. The van der Waals surface area contributed by atoms with Crippen LogP contribution in [0.15, 0.2) is 27.3 Å². The smallest absolute Gasteiger partial charge is 0.224 e. The van der Waals surface area contributed by atoms with Crippen LogP contribution in [0.4, 0.5) is 0 Å². The molecule has 1 amide bonds. The molecule has 2 heterocycles. The van der Waals surface area contributed by atoms with E-state index in [1.165, 1.54) is 6.26 Å². The first-order chi connectivity index (χ1) is 9.40. The highest BCUT2D eigenvalue weighted by atomic mass is 16.5. The lowest BCUT2D eigenvalue weighted by molar-refractivity contribution is -0.121. The average molecular weight is 278 g/mol. The summed E-state index contributed by atoms with van der Waals surface area (Å²) in [6, 6.07) is 3.36. The minimum atomic E-state index is -1.24. The van der Waals surface area contributed by atoms with Gasteiger partial charge in [0.1, 0.15) is 17.1 Å². The Bertz CT molecular complexity index is 565. The first-order valence-electron chi connectivity index (χ1n) is 6.35. The Morgan fingerprint density at radius 2 is 2.25 bits per heavy atom. The fourth-order valence-corrected chi connectivity index (χ4v) is 1.92. The number of hydrogen-bond acceptors (Lipinski definition) is 5. The van der Waals surface area contributed by atoms with Crippen molar-refractivity contribution in [2.45, 2.75) is 32.8 Å². The third-order valence-electron chi connectivity index (χ3n) is 3.20. The largest absolute Gasteiger partial charge is 0.466 e. The van der Waals surface area contributed by atoms with Gasteiger partial charge in [-0.25, -0.2) is 0 Å². The Morgan fingerprint density at radius 3 is 2.80 bits per heavy atom. The Hall–Kier alpha value is -2.08. The van der Waals surface area contributed by atoms with E-state index in [-0.39, 0.29) is 18.9 Å². The van der Waals surface area contributed by atoms with Crippen molar-refractivity contribution in [2.75, 3.05) is 6.54 Å². The monoisotopic (exact) mass is 278 g/mol. The number of carbonyl (C=O) groups excluding carboxylic acids is 1. The number of nitrogens with one attached hydrogen (secondary N) is 1. The second-order valence-corrected chi connectivity index (χ2v) is 5.01. The van der Waals surface area contributed by atoms with Gasteiger partial charge in [0.05, 0.1) is 24.9 Å². The second-order valence-electron chi connectivity index (χ2n) is 5.01. The first kappa shape index (κ1) is 14.3. The lowest BCUT2D eigenvalue weighted by atomic mass is 10.0. The summed E-state index contributed by atoms with van der Waals surface area (Å²) in [6.45, 7) is 5.21. The molecule has 0 saturated carbocycles. The molecule has 108 valence electrons. The molecule has 2 aromatic heterocycles. The SMILES string of the molecule is Cc1noc(C)c1CC(=O)NCC(C)(O)c1ccco1. The highest BCUT2D eigenvalue weighted by Gasteiger charge is 2.27. The molecule has 20 heavy (non-hydrogen) atoms. The maximum atomic E-state index is 11.9. The molecule has 2 aromatic rings. The number of aliphatic hydroxyl groups is 1. The van der Waals surface area contributed by atoms with Crippen LogP contribution < -0.4 is 5.32 Å². The van der Waals surface area contributed by atoms with Crippen molar-refractivity contribution < 1.29 is 18.8 Å². The molecule has 0 fully saturated rings. The molecule has 0 aliphatic carbocycles. The van der Waals surface area contributed by atoms with Gasteiger partial charge in [0, 0.05) is 5.56 Å². The lowest BCUT2D eigenvalue weighted by Crippen LogP contribution is -2.39.